The quantitative estimate of drug-likeness (QED) is 0.837. The fraction of sp³-hybridized carbons (Fsp3) is 0.571. The van der Waals surface area contributed by atoms with Gasteiger partial charge in [0, 0.05) is 16.2 Å². The van der Waals surface area contributed by atoms with E-state index < -0.39 is 0 Å². The molecule has 1 aliphatic carbocycles. The van der Waals surface area contributed by atoms with E-state index in [1.807, 2.05) is 0 Å². The molecule has 0 radical (unpaired) electrons. The topological polar surface area (TPSA) is 12.0 Å². The average molecular weight is 282 g/mol. The van der Waals surface area contributed by atoms with Crippen molar-refractivity contribution in [2.75, 3.05) is 5.32 Å². The van der Waals surface area contributed by atoms with Crippen molar-refractivity contribution in [2.24, 2.45) is 5.92 Å². The van der Waals surface area contributed by atoms with E-state index in [2.05, 4.69) is 52.4 Å². The molecule has 2 rings (SSSR count). The molecule has 0 spiro atoms. The smallest absolute Gasteiger partial charge is 0.0343 e. The summed E-state index contributed by atoms with van der Waals surface area (Å²) in [6.07, 6.45) is 7.05. The van der Waals surface area contributed by atoms with E-state index in [4.69, 9.17) is 0 Å². The molecule has 0 bridgehead atoms. The third kappa shape index (κ3) is 3.24. The Hall–Kier alpha value is -0.500. The van der Waals surface area contributed by atoms with Gasteiger partial charge in [0.15, 0.2) is 0 Å². The standard InChI is InChI=1S/C14H20BrN/c1-11(12-5-3-2-4-6-12)16-14-9-7-13(15)8-10-14/h7-12,16H,2-6H2,1H3/t11-/m1/s1. The minimum atomic E-state index is 0.599. The van der Waals surface area contributed by atoms with Crippen LogP contribution in [0.5, 0.6) is 0 Å². The van der Waals surface area contributed by atoms with Crippen molar-refractivity contribution < 1.29 is 0 Å². The number of hydrogen-bond donors (Lipinski definition) is 1. The van der Waals surface area contributed by atoms with Gasteiger partial charge in [-0.15, -0.1) is 0 Å². The first kappa shape index (κ1) is 12.0. The SMILES string of the molecule is C[C@@H](Nc1ccc(Br)cc1)C1CCCCC1. The molecule has 2 heteroatoms. The molecule has 1 saturated carbocycles. The Labute approximate surface area is 107 Å². The molecule has 0 heterocycles. The molecule has 1 nitrogen and oxygen atoms in total. The molecule has 1 aromatic rings. The Bertz CT molecular complexity index is 314. The Kier molecular flexibility index (Phi) is 4.28. The van der Waals surface area contributed by atoms with Crippen molar-refractivity contribution in [3.05, 3.63) is 28.7 Å². The van der Waals surface area contributed by atoms with E-state index >= 15 is 0 Å². The molecule has 1 aromatic carbocycles. The lowest BCUT2D eigenvalue weighted by Gasteiger charge is -2.29. The molecule has 1 aliphatic rings. The van der Waals surface area contributed by atoms with E-state index in [1.165, 1.54) is 37.8 Å². The first-order valence-corrected chi connectivity index (χ1v) is 7.07. The summed E-state index contributed by atoms with van der Waals surface area (Å²) in [6, 6.07) is 9.07. The first-order valence-electron chi connectivity index (χ1n) is 6.28. The van der Waals surface area contributed by atoms with Crippen LogP contribution in [0, 0.1) is 5.92 Å². The van der Waals surface area contributed by atoms with E-state index in [0.717, 1.165) is 10.4 Å². The molecule has 1 fully saturated rings. The van der Waals surface area contributed by atoms with Gasteiger partial charge in [-0.25, -0.2) is 0 Å². The second-order valence-electron chi connectivity index (χ2n) is 4.84. The summed E-state index contributed by atoms with van der Waals surface area (Å²) in [7, 11) is 0. The van der Waals surface area contributed by atoms with Crippen molar-refractivity contribution in [1.82, 2.24) is 0 Å². The summed E-state index contributed by atoms with van der Waals surface area (Å²) < 4.78 is 1.14. The maximum atomic E-state index is 3.62. The van der Waals surface area contributed by atoms with Crippen LogP contribution in [0.1, 0.15) is 39.0 Å². The second-order valence-corrected chi connectivity index (χ2v) is 5.75. The van der Waals surface area contributed by atoms with Crippen LogP contribution in [0.2, 0.25) is 0 Å². The molecule has 16 heavy (non-hydrogen) atoms. The maximum absolute atomic E-state index is 3.62. The first-order chi connectivity index (χ1) is 7.75. The van der Waals surface area contributed by atoms with Gasteiger partial charge in [0.2, 0.25) is 0 Å². The van der Waals surface area contributed by atoms with Gasteiger partial charge in [-0.3, -0.25) is 0 Å². The van der Waals surface area contributed by atoms with Gasteiger partial charge in [-0.05, 0) is 49.9 Å². The third-order valence-corrected chi connectivity index (χ3v) is 4.12. The minimum absolute atomic E-state index is 0.599. The summed E-state index contributed by atoms with van der Waals surface area (Å²) in [4.78, 5) is 0. The number of hydrogen-bond acceptors (Lipinski definition) is 1. The Morgan fingerprint density at radius 3 is 2.38 bits per heavy atom. The summed E-state index contributed by atoms with van der Waals surface area (Å²) in [6.45, 7) is 2.32. The zero-order chi connectivity index (χ0) is 11.4. The Morgan fingerprint density at radius 2 is 1.75 bits per heavy atom. The number of rotatable bonds is 3. The molecule has 0 amide bonds. The van der Waals surface area contributed by atoms with Gasteiger partial charge < -0.3 is 5.32 Å². The Balaban J connectivity index is 1.90. The summed E-state index contributed by atoms with van der Waals surface area (Å²) in [5, 5.41) is 3.62. The molecule has 0 unspecified atom stereocenters. The molecule has 0 saturated heterocycles. The summed E-state index contributed by atoms with van der Waals surface area (Å²) >= 11 is 3.46. The van der Waals surface area contributed by atoms with Gasteiger partial charge in [-0.1, -0.05) is 35.2 Å². The highest BCUT2D eigenvalue weighted by molar-refractivity contribution is 9.10. The van der Waals surface area contributed by atoms with Crippen molar-refractivity contribution in [1.29, 1.82) is 0 Å². The van der Waals surface area contributed by atoms with Crippen molar-refractivity contribution in [3.8, 4) is 0 Å². The molecular weight excluding hydrogens is 262 g/mol. The van der Waals surface area contributed by atoms with Crippen molar-refractivity contribution in [3.63, 3.8) is 0 Å². The van der Waals surface area contributed by atoms with Crippen molar-refractivity contribution in [2.45, 2.75) is 45.1 Å². The van der Waals surface area contributed by atoms with E-state index in [-0.39, 0.29) is 0 Å². The predicted molar refractivity (Wildman–Crippen MR) is 73.8 cm³/mol. The van der Waals surface area contributed by atoms with Crippen LogP contribution in [0.3, 0.4) is 0 Å². The monoisotopic (exact) mass is 281 g/mol. The summed E-state index contributed by atoms with van der Waals surface area (Å²) in [5.74, 6) is 0.859. The average Bonchev–Trinajstić information content (AvgIpc) is 2.33. The molecular formula is C14H20BrN. The van der Waals surface area contributed by atoms with Crippen molar-refractivity contribution >= 4 is 21.6 Å². The molecule has 0 aliphatic heterocycles. The lowest BCUT2D eigenvalue weighted by atomic mass is 9.84. The maximum Gasteiger partial charge on any atom is 0.0343 e. The van der Waals surface area contributed by atoms with Crippen LogP contribution < -0.4 is 5.32 Å². The number of halogens is 1. The van der Waals surface area contributed by atoms with Crippen LogP contribution in [-0.2, 0) is 0 Å². The molecule has 0 aromatic heterocycles. The van der Waals surface area contributed by atoms with Gasteiger partial charge in [0.1, 0.15) is 0 Å². The highest BCUT2D eigenvalue weighted by Crippen LogP contribution is 2.28. The van der Waals surface area contributed by atoms with Gasteiger partial charge in [0.25, 0.3) is 0 Å². The predicted octanol–water partition coefficient (Wildman–Crippen LogP) is 4.83. The fourth-order valence-electron chi connectivity index (χ4n) is 2.56. The van der Waals surface area contributed by atoms with E-state index in [0.29, 0.717) is 6.04 Å². The van der Waals surface area contributed by atoms with Crippen LogP contribution in [0.25, 0.3) is 0 Å². The number of benzene rings is 1. The second kappa shape index (κ2) is 5.72. The fourth-order valence-corrected chi connectivity index (χ4v) is 2.83. The highest BCUT2D eigenvalue weighted by Gasteiger charge is 2.19. The zero-order valence-corrected chi connectivity index (χ0v) is 11.5. The normalized spacial score (nSPS) is 19.4. The largest absolute Gasteiger partial charge is 0.382 e. The van der Waals surface area contributed by atoms with Gasteiger partial charge >= 0.3 is 0 Å². The minimum Gasteiger partial charge on any atom is -0.382 e. The van der Waals surface area contributed by atoms with Gasteiger partial charge in [0.05, 0.1) is 0 Å². The third-order valence-electron chi connectivity index (χ3n) is 3.60. The Morgan fingerprint density at radius 1 is 1.12 bits per heavy atom. The van der Waals surface area contributed by atoms with Crippen LogP contribution in [-0.4, -0.2) is 6.04 Å². The number of anilines is 1. The molecule has 1 atom stereocenters. The summed E-state index contributed by atoms with van der Waals surface area (Å²) in [5.41, 5.74) is 1.24. The number of nitrogens with one attached hydrogen (secondary N) is 1. The van der Waals surface area contributed by atoms with Crippen LogP contribution >= 0.6 is 15.9 Å². The van der Waals surface area contributed by atoms with Gasteiger partial charge in [-0.2, -0.15) is 0 Å². The van der Waals surface area contributed by atoms with E-state index in [1.54, 1.807) is 0 Å². The van der Waals surface area contributed by atoms with Crippen LogP contribution in [0.15, 0.2) is 28.7 Å². The lowest BCUT2D eigenvalue weighted by molar-refractivity contribution is 0.328. The van der Waals surface area contributed by atoms with E-state index in [9.17, 15) is 0 Å². The molecule has 88 valence electrons. The molecule has 1 N–H and O–H groups in total. The van der Waals surface area contributed by atoms with Crippen LogP contribution in [0.4, 0.5) is 5.69 Å². The highest BCUT2D eigenvalue weighted by atomic mass is 79.9. The zero-order valence-electron chi connectivity index (χ0n) is 9.88. The lowest BCUT2D eigenvalue weighted by Crippen LogP contribution is -2.27.